The molecule has 98 valence electrons. The number of hydrogen-bond donors (Lipinski definition) is 1. The molecule has 0 saturated carbocycles. The van der Waals surface area contributed by atoms with E-state index >= 15 is 0 Å². The molecule has 3 heteroatoms. The van der Waals surface area contributed by atoms with Crippen molar-refractivity contribution in [2.45, 2.75) is 27.3 Å². The summed E-state index contributed by atoms with van der Waals surface area (Å²) in [6.45, 7) is 8.68. The third-order valence-corrected chi connectivity index (χ3v) is 3.77. The number of hydrogen-bond acceptors (Lipinski definition) is 2. The van der Waals surface area contributed by atoms with Gasteiger partial charge in [0.1, 0.15) is 0 Å². The second-order valence-electron chi connectivity index (χ2n) is 5.33. The van der Waals surface area contributed by atoms with Crippen molar-refractivity contribution in [2.24, 2.45) is 11.8 Å². The Hall–Kier alpha value is -1.35. The van der Waals surface area contributed by atoms with E-state index in [0.717, 1.165) is 25.3 Å². The highest BCUT2D eigenvalue weighted by atomic mass is 16.2. The molecule has 0 radical (unpaired) electrons. The summed E-state index contributed by atoms with van der Waals surface area (Å²) in [7, 11) is 0. The molecule has 1 aliphatic rings. The molecule has 1 aliphatic heterocycles. The van der Waals surface area contributed by atoms with Crippen LogP contribution < -0.4 is 10.2 Å². The van der Waals surface area contributed by atoms with Gasteiger partial charge in [0.25, 0.3) is 0 Å². The first-order valence-corrected chi connectivity index (χ1v) is 6.71. The molecule has 1 amide bonds. The summed E-state index contributed by atoms with van der Waals surface area (Å²) in [5.41, 5.74) is 2.28. The van der Waals surface area contributed by atoms with Gasteiger partial charge in [-0.2, -0.15) is 0 Å². The molecule has 1 aromatic rings. The molecule has 1 unspecified atom stereocenters. The molecule has 1 heterocycles. The SMILES string of the molecule is CC(C)C(C)C(=O)N1CCNCc2ccccc21. The third kappa shape index (κ3) is 2.56. The van der Waals surface area contributed by atoms with Crippen molar-refractivity contribution in [2.75, 3.05) is 18.0 Å². The van der Waals surface area contributed by atoms with Crippen molar-refractivity contribution in [1.29, 1.82) is 0 Å². The monoisotopic (exact) mass is 246 g/mol. The predicted octanol–water partition coefficient (Wildman–Crippen LogP) is 2.41. The second kappa shape index (κ2) is 5.53. The van der Waals surface area contributed by atoms with E-state index < -0.39 is 0 Å². The van der Waals surface area contributed by atoms with Gasteiger partial charge in [-0.1, -0.05) is 39.0 Å². The molecule has 0 bridgehead atoms. The number of nitrogens with one attached hydrogen (secondary N) is 1. The van der Waals surface area contributed by atoms with Crippen LogP contribution in [0.2, 0.25) is 0 Å². The number of carbonyl (C=O) groups is 1. The highest BCUT2D eigenvalue weighted by Crippen LogP contribution is 2.25. The summed E-state index contributed by atoms with van der Waals surface area (Å²) < 4.78 is 0. The Balaban J connectivity index is 2.30. The Labute approximate surface area is 109 Å². The van der Waals surface area contributed by atoms with Crippen LogP contribution in [0.3, 0.4) is 0 Å². The molecule has 18 heavy (non-hydrogen) atoms. The van der Waals surface area contributed by atoms with Crippen LogP contribution in [-0.4, -0.2) is 19.0 Å². The molecule has 0 saturated heterocycles. The van der Waals surface area contributed by atoms with Crippen LogP contribution in [0.5, 0.6) is 0 Å². The van der Waals surface area contributed by atoms with Gasteiger partial charge in [-0.3, -0.25) is 4.79 Å². The van der Waals surface area contributed by atoms with E-state index in [4.69, 9.17) is 0 Å². The van der Waals surface area contributed by atoms with E-state index in [2.05, 4.69) is 25.2 Å². The molecule has 0 aliphatic carbocycles. The second-order valence-corrected chi connectivity index (χ2v) is 5.33. The summed E-state index contributed by atoms with van der Waals surface area (Å²) in [6.07, 6.45) is 0. The standard InChI is InChI=1S/C15H22N2O/c1-11(2)12(3)15(18)17-9-8-16-10-13-6-4-5-7-14(13)17/h4-7,11-12,16H,8-10H2,1-3H3. The lowest BCUT2D eigenvalue weighted by Crippen LogP contribution is -2.39. The minimum absolute atomic E-state index is 0.0659. The van der Waals surface area contributed by atoms with Gasteiger partial charge in [-0.25, -0.2) is 0 Å². The molecule has 1 N–H and O–H groups in total. The van der Waals surface area contributed by atoms with Gasteiger partial charge in [-0.15, -0.1) is 0 Å². The summed E-state index contributed by atoms with van der Waals surface area (Å²) >= 11 is 0. The average Bonchev–Trinajstić information content (AvgIpc) is 2.59. The van der Waals surface area contributed by atoms with Gasteiger partial charge in [0, 0.05) is 31.2 Å². The normalized spacial score (nSPS) is 17.2. The fourth-order valence-corrected chi connectivity index (χ4v) is 2.22. The molecule has 2 rings (SSSR count). The van der Waals surface area contributed by atoms with E-state index in [1.165, 1.54) is 5.56 Å². The lowest BCUT2D eigenvalue weighted by molar-refractivity contribution is -0.123. The van der Waals surface area contributed by atoms with Crippen LogP contribution in [0.1, 0.15) is 26.3 Å². The smallest absolute Gasteiger partial charge is 0.230 e. The van der Waals surface area contributed by atoms with Crippen LogP contribution in [0, 0.1) is 11.8 Å². The van der Waals surface area contributed by atoms with E-state index in [9.17, 15) is 4.79 Å². The molecule has 1 aromatic carbocycles. The summed E-state index contributed by atoms with van der Waals surface area (Å²) in [6, 6.07) is 8.17. The lowest BCUT2D eigenvalue weighted by Gasteiger charge is -2.27. The maximum absolute atomic E-state index is 12.6. The lowest BCUT2D eigenvalue weighted by atomic mass is 9.96. The maximum atomic E-state index is 12.6. The summed E-state index contributed by atoms with van der Waals surface area (Å²) in [4.78, 5) is 14.5. The third-order valence-electron chi connectivity index (χ3n) is 3.77. The summed E-state index contributed by atoms with van der Waals surface area (Å²) in [5.74, 6) is 0.679. The zero-order valence-electron chi connectivity index (χ0n) is 11.4. The van der Waals surface area contributed by atoms with E-state index in [-0.39, 0.29) is 11.8 Å². The molecular weight excluding hydrogens is 224 g/mol. The summed E-state index contributed by atoms with van der Waals surface area (Å²) in [5, 5.41) is 3.36. The van der Waals surface area contributed by atoms with Crippen molar-refractivity contribution in [1.82, 2.24) is 5.32 Å². The first kappa shape index (κ1) is 13.1. The fourth-order valence-electron chi connectivity index (χ4n) is 2.22. The molecule has 0 fully saturated rings. The van der Waals surface area contributed by atoms with E-state index in [1.54, 1.807) is 0 Å². The van der Waals surface area contributed by atoms with E-state index in [0.29, 0.717) is 5.92 Å². The van der Waals surface area contributed by atoms with Gasteiger partial charge in [0.15, 0.2) is 0 Å². The minimum Gasteiger partial charge on any atom is -0.311 e. The number of carbonyl (C=O) groups excluding carboxylic acids is 1. The zero-order valence-corrected chi connectivity index (χ0v) is 11.4. The minimum atomic E-state index is 0.0659. The maximum Gasteiger partial charge on any atom is 0.230 e. The average molecular weight is 246 g/mol. The number of para-hydroxylation sites is 1. The van der Waals surface area contributed by atoms with Crippen LogP contribution in [0.15, 0.2) is 24.3 Å². The Morgan fingerprint density at radius 2 is 2.00 bits per heavy atom. The Bertz CT molecular complexity index is 428. The van der Waals surface area contributed by atoms with Crippen LogP contribution in [0.25, 0.3) is 0 Å². The van der Waals surface area contributed by atoms with Crippen LogP contribution in [0.4, 0.5) is 5.69 Å². The molecule has 0 aromatic heterocycles. The van der Waals surface area contributed by atoms with Crippen molar-refractivity contribution in [3.05, 3.63) is 29.8 Å². The van der Waals surface area contributed by atoms with Crippen molar-refractivity contribution < 1.29 is 4.79 Å². The van der Waals surface area contributed by atoms with Gasteiger partial charge in [-0.05, 0) is 17.5 Å². The largest absolute Gasteiger partial charge is 0.311 e. The molecule has 0 spiro atoms. The zero-order chi connectivity index (χ0) is 13.1. The number of amides is 1. The molecule has 1 atom stereocenters. The quantitative estimate of drug-likeness (QED) is 0.869. The fraction of sp³-hybridized carbons (Fsp3) is 0.533. The van der Waals surface area contributed by atoms with Crippen LogP contribution >= 0.6 is 0 Å². The number of fused-ring (bicyclic) bond motifs is 1. The Kier molecular flexibility index (Phi) is 4.02. The van der Waals surface area contributed by atoms with Crippen molar-refractivity contribution >= 4 is 11.6 Å². The highest BCUT2D eigenvalue weighted by Gasteiger charge is 2.26. The van der Waals surface area contributed by atoms with Gasteiger partial charge >= 0.3 is 0 Å². The first-order chi connectivity index (χ1) is 8.61. The van der Waals surface area contributed by atoms with Gasteiger partial charge < -0.3 is 10.2 Å². The highest BCUT2D eigenvalue weighted by molar-refractivity contribution is 5.95. The molecule has 3 nitrogen and oxygen atoms in total. The molecular formula is C15H22N2O. The van der Waals surface area contributed by atoms with Crippen molar-refractivity contribution in [3.63, 3.8) is 0 Å². The van der Waals surface area contributed by atoms with Crippen LogP contribution in [-0.2, 0) is 11.3 Å². The first-order valence-electron chi connectivity index (χ1n) is 6.71. The number of benzene rings is 1. The predicted molar refractivity (Wildman–Crippen MR) is 74.5 cm³/mol. The Morgan fingerprint density at radius 1 is 1.28 bits per heavy atom. The van der Waals surface area contributed by atoms with Crippen molar-refractivity contribution in [3.8, 4) is 0 Å². The number of nitrogens with zero attached hydrogens (tertiary/aromatic N) is 1. The Morgan fingerprint density at radius 3 is 2.72 bits per heavy atom. The van der Waals surface area contributed by atoms with Gasteiger partial charge in [0.05, 0.1) is 0 Å². The number of anilines is 1. The topological polar surface area (TPSA) is 32.3 Å². The van der Waals surface area contributed by atoms with Gasteiger partial charge in [0.2, 0.25) is 5.91 Å². The van der Waals surface area contributed by atoms with E-state index in [1.807, 2.05) is 30.0 Å². The number of rotatable bonds is 2.